The van der Waals surface area contributed by atoms with Gasteiger partial charge in [-0.25, -0.2) is 0 Å². The Hall–Kier alpha value is -2.79. The molecule has 0 saturated heterocycles. The second-order valence-electron chi connectivity index (χ2n) is 6.05. The number of ether oxygens (including phenoxy) is 2. The molecular weight excluding hydrogens is 406 g/mol. The van der Waals surface area contributed by atoms with Gasteiger partial charge in [-0.05, 0) is 54.4 Å². The largest absolute Gasteiger partial charge is 0.493 e. The first-order valence-corrected chi connectivity index (χ1v) is 9.28. The summed E-state index contributed by atoms with van der Waals surface area (Å²) >= 11 is 3.42. The Morgan fingerprint density at radius 2 is 1.78 bits per heavy atom. The predicted octanol–water partition coefficient (Wildman–Crippen LogP) is 5.60. The van der Waals surface area contributed by atoms with Gasteiger partial charge in [-0.2, -0.15) is 0 Å². The van der Waals surface area contributed by atoms with Crippen molar-refractivity contribution in [2.24, 2.45) is 0 Å². The SMILES string of the molecule is COc1cc(C(=O)Nc2ccc(Br)cc2C)ccc1OCc1ccccc1. The fourth-order valence-corrected chi connectivity index (χ4v) is 3.10. The van der Waals surface area contributed by atoms with E-state index in [0.717, 1.165) is 21.3 Å². The minimum atomic E-state index is -0.201. The highest BCUT2D eigenvalue weighted by Crippen LogP contribution is 2.29. The first kappa shape index (κ1) is 19.0. The summed E-state index contributed by atoms with van der Waals surface area (Å²) in [6.45, 7) is 2.38. The molecule has 0 aromatic heterocycles. The van der Waals surface area contributed by atoms with Crippen LogP contribution in [0.25, 0.3) is 0 Å². The number of halogens is 1. The van der Waals surface area contributed by atoms with Crippen molar-refractivity contribution >= 4 is 27.5 Å². The number of aryl methyl sites for hydroxylation is 1. The van der Waals surface area contributed by atoms with Crippen LogP contribution in [0.1, 0.15) is 21.5 Å². The third-order valence-electron chi connectivity index (χ3n) is 4.10. The highest BCUT2D eigenvalue weighted by molar-refractivity contribution is 9.10. The van der Waals surface area contributed by atoms with Gasteiger partial charge in [0.25, 0.3) is 5.91 Å². The molecule has 3 rings (SSSR count). The minimum Gasteiger partial charge on any atom is -0.493 e. The molecule has 0 saturated carbocycles. The fourth-order valence-electron chi connectivity index (χ4n) is 2.63. The van der Waals surface area contributed by atoms with Crippen LogP contribution in [0.2, 0.25) is 0 Å². The Balaban J connectivity index is 1.73. The molecule has 0 aliphatic rings. The van der Waals surface area contributed by atoms with Crippen molar-refractivity contribution in [1.29, 1.82) is 0 Å². The normalized spacial score (nSPS) is 10.3. The molecular formula is C22H20BrNO3. The number of hydrogen-bond acceptors (Lipinski definition) is 3. The van der Waals surface area contributed by atoms with Crippen LogP contribution in [0.15, 0.2) is 71.2 Å². The lowest BCUT2D eigenvalue weighted by atomic mass is 10.1. The summed E-state index contributed by atoms with van der Waals surface area (Å²) in [5.41, 5.74) is 3.31. The van der Waals surface area contributed by atoms with Crippen LogP contribution in [-0.2, 0) is 6.61 Å². The summed E-state index contributed by atoms with van der Waals surface area (Å²) in [6, 6.07) is 20.8. The van der Waals surface area contributed by atoms with Gasteiger partial charge in [-0.15, -0.1) is 0 Å². The smallest absolute Gasteiger partial charge is 0.255 e. The fraction of sp³-hybridized carbons (Fsp3) is 0.136. The zero-order valence-corrected chi connectivity index (χ0v) is 16.7. The van der Waals surface area contributed by atoms with E-state index in [4.69, 9.17) is 9.47 Å². The third kappa shape index (κ3) is 4.89. The highest BCUT2D eigenvalue weighted by Gasteiger charge is 2.13. The first-order chi connectivity index (χ1) is 13.1. The molecule has 3 aromatic rings. The van der Waals surface area contributed by atoms with Crippen LogP contribution in [0.3, 0.4) is 0 Å². The predicted molar refractivity (Wildman–Crippen MR) is 111 cm³/mol. The molecule has 0 heterocycles. The van der Waals surface area contributed by atoms with Gasteiger partial charge in [-0.3, -0.25) is 4.79 Å². The Bertz CT molecular complexity index is 942. The van der Waals surface area contributed by atoms with Gasteiger partial charge >= 0.3 is 0 Å². The molecule has 0 aliphatic carbocycles. The van der Waals surface area contributed by atoms with Crippen LogP contribution in [0.5, 0.6) is 11.5 Å². The maximum atomic E-state index is 12.6. The Labute approximate surface area is 167 Å². The van der Waals surface area contributed by atoms with Crippen molar-refractivity contribution in [3.05, 3.63) is 87.9 Å². The van der Waals surface area contributed by atoms with Gasteiger partial charge in [0.15, 0.2) is 11.5 Å². The number of benzene rings is 3. The standard InChI is InChI=1S/C22H20BrNO3/c1-15-12-18(23)9-10-19(15)24-22(25)17-8-11-20(21(13-17)26-2)27-14-16-6-4-3-5-7-16/h3-13H,14H2,1-2H3,(H,24,25). The quantitative estimate of drug-likeness (QED) is 0.559. The Morgan fingerprint density at radius 1 is 1.00 bits per heavy atom. The molecule has 0 radical (unpaired) electrons. The molecule has 0 aliphatic heterocycles. The lowest BCUT2D eigenvalue weighted by Gasteiger charge is -2.13. The van der Waals surface area contributed by atoms with Crippen molar-refractivity contribution < 1.29 is 14.3 Å². The van der Waals surface area contributed by atoms with Crippen LogP contribution in [0.4, 0.5) is 5.69 Å². The molecule has 1 N–H and O–H groups in total. The molecule has 3 aromatic carbocycles. The molecule has 0 atom stereocenters. The van der Waals surface area contributed by atoms with Gasteiger partial charge in [0.2, 0.25) is 0 Å². The van der Waals surface area contributed by atoms with Crippen LogP contribution >= 0.6 is 15.9 Å². The zero-order valence-electron chi connectivity index (χ0n) is 15.2. The highest BCUT2D eigenvalue weighted by atomic mass is 79.9. The average molecular weight is 426 g/mol. The summed E-state index contributed by atoms with van der Waals surface area (Å²) in [6.07, 6.45) is 0. The second-order valence-corrected chi connectivity index (χ2v) is 6.97. The van der Waals surface area contributed by atoms with Gasteiger partial charge in [-0.1, -0.05) is 46.3 Å². The molecule has 27 heavy (non-hydrogen) atoms. The van der Waals surface area contributed by atoms with Crippen LogP contribution in [0, 0.1) is 6.92 Å². The molecule has 138 valence electrons. The number of anilines is 1. The van der Waals surface area contributed by atoms with Crippen molar-refractivity contribution in [2.75, 3.05) is 12.4 Å². The monoisotopic (exact) mass is 425 g/mol. The first-order valence-electron chi connectivity index (χ1n) is 8.49. The number of nitrogens with one attached hydrogen (secondary N) is 1. The third-order valence-corrected chi connectivity index (χ3v) is 4.59. The molecule has 4 nitrogen and oxygen atoms in total. The lowest BCUT2D eigenvalue weighted by molar-refractivity contribution is 0.102. The molecule has 0 unspecified atom stereocenters. The summed E-state index contributed by atoms with van der Waals surface area (Å²) < 4.78 is 12.2. The van der Waals surface area contributed by atoms with Crippen LogP contribution in [-0.4, -0.2) is 13.0 Å². The van der Waals surface area contributed by atoms with Crippen molar-refractivity contribution in [1.82, 2.24) is 0 Å². The Morgan fingerprint density at radius 3 is 2.48 bits per heavy atom. The van der Waals surface area contributed by atoms with Gasteiger partial charge in [0.05, 0.1) is 7.11 Å². The van der Waals surface area contributed by atoms with E-state index >= 15 is 0 Å². The summed E-state index contributed by atoms with van der Waals surface area (Å²) in [4.78, 5) is 12.6. The molecule has 0 spiro atoms. The van der Waals surface area contributed by atoms with E-state index in [2.05, 4.69) is 21.2 Å². The van der Waals surface area contributed by atoms with E-state index in [1.54, 1.807) is 25.3 Å². The zero-order chi connectivity index (χ0) is 19.2. The summed E-state index contributed by atoms with van der Waals surface area (Å²) in [5, 5.41) is 2.93. The number of rotatable bonds is 6. The van der Waals surface area contributed by atoms with Crippen molar-refractivity contribution in [3.8, 4) is 11.5 Å². The maximum absolute atomic E-state index is 12.6. The maximum Gasteiger partial charge on any atom is 0.255 e. The number of carbonyl (C=O) groups excluding carboxylic acids is 1. The van der Waals surface area contributed by atoms with E-state index in [1.165, 1.54) is 0 Å². The van der Waals surface area contributed by atoms with Gasteiger partial charge in [0, 0.05) is 15.7 Å². The van der Waals surface area contributed by atoms with E-state index in [9.17, 15) is 4.79 Å². The number of hydrogen-bond donors (Lipinski definition) is 1. The number of carbonyl (C=O) groups is 1. The molecule has 1 amide bonds. The number of amides is 1. The van der Waals surface area contributed by atoms with Crippen LogP contribution < -0.4 is 14.8 Å². The van der Waals surface area contributed by atoms with E-state index in [0.29, 0.717) is 23.7 Å². The minimum absolute atomic E-state index is 0.201. The molecule has 5 heteroatoms. The average Bonchev–Trinajstić information content (AvgIpc) is 2.69. The topological polar surface area (TPSA) is 47.6 Å². The summed E-state index contributed by atoms with van der Waals surface area (Å²) in [5.74, 6) is 0.914. The van der Waals surface area contributed by atoms with Gasteiger partial charge in [0.1, 0.15) is 6.61 Å². The van der Waals surface area contributed by atoms with Crippen molar-refractivity contribution in [2.45, 2.75) is 13.5 Å². The molecule has 0 fully saturated rings. The summed E-state index contributed by atoms with van der Waals surface area (Å²) in [7, 11) is 1.56. The van der Waals surface area contributed by atoms with E-state index < -0.39 is 0 Å². The number of methoxy groups -OCH3 is 1. The van der Waals surface area contributed by atoms with E-state index in [-0.39, 0.29) is 5.91 Å². The lowest BCUT2D eigenvalue weighted by Crippen LogP contribution is -2.13. The van der Waals surface area contributed by atoms with Gasteiger partial charge < -0.3 is 14.8 Å². The molecule has 0 bridgehead atoms. The second kappa shape index (κ2) is 8.73. The van der Waals surface area contributed by atoms with Crippen molar-refractivity contribution in [3.63, 3.8) is 0 Å². The Kier molecular flexibility index (Phi) is 6.14. The van der Waals surface area contributed by atoms with E-state index in [1.807, 2.05) is 55.5 Å².